The minimum Gasteiger partial charge on any atom is -0.331 e. The van der Waals surface area contributed by atoms with Gasteiger partial charge in [-0.05, 0) is 25.8 Å². The number of amides is 1. The van der Waals surface area contributed by atoms with Gasteiger partial charge in [-0.1, -0.05) is 0 Å². The van der Waals surface area contributed by atoms with Crippen LogP contribution >= 0.6 is 0 Å². The summed E-state index contributed by atoms with van der Waals surface area (Å²) < 4.78 is 1.71. The van der Waals surface area contributed by atoms with Crippen LogP contribution in [-0.4, -0.2) is 47.1 Å². The average molecular weight is 390 g/mol. The first-order chi connectivity index (χ1) is 14.1. The minimum atomic E-state index is -0.0786. The molecule has 0 saturated carbocycles. The maximum absolute atomic E-state index is 12.8. The van der Waals surface area contributed by atoms with Crippen LogP contribution in [0, 0.1) is 6.92 Å². The van der Waals surface area contributed by atoms with E-state index in [4.69, 9.17) is 0 Å². The number of nitrogens with zero attached hydrogens (tertiary/aromatic N) is 7. The molecule has 0 aliphatic carbocycles. The van der Waals surface area contributed by atoms with Crippen molar-refractivity contribution in [2.24, 2.45) is 7.05 Å². The maximum atomic E-state index is 12.8. The van der Waals surface area contributed by atoms with Crippen molar-refractivity contribution in [1.29, 1.82) is 0 Å². The van der Waals surface area contributed by atoms with E-state index in [-0.39, 0.29) is 11.9 Å². The number of aryl methyl sites for hydroxylation is 2. The van der Waals surface area contributed by atoms with Crippen molar-refractivity contribution in [3.05, 3.63) is 60.2 Å². The number of carbonyl (C=O) groups is 1. The van der Waals surface area contributed by atoms with Crippen molar-refractivity contribution in [3.63, 3.8) is 0 Å². The van der Waals surface area contributed by atoms with Gasteiger partial charge >= 0.3 is 0 Å². The van der Waals surface area contributed by atoms with Gasteiger partial charge in [-0.2, -0.15) is 5.10 Å². The van der Waals surface area contributed by atoms with Gasteiger partial charge in [0.1, 0.15) is 17.5 Å². The molecule has 1 fully saturated rings. The van der Waals surface area contributed by atoms with Crippen LogP contribution in [0.1, 0.15) is 36.0 Å². The summed E-state index contributed by atoms with van der Waals surface area (Å²) >= 11 is 0. The maximum Gasteiger partial charge on any atom is 0.247 e. The quantitative estimate of drug-likeness (QED) is 0.668. The van der Waals surface area contributed by atoms with Gasteiger partial charge in [-0.25, -0.2) is 15.0 Å². The summed E-state index contributed by atoms with van der Waals surface area (Å²) in [6.07, 6.45) is 13.6. The molecule has 1 aliphatic heterocycles. The average Bonchev–Trinajstić information content (AvgIpc) is 3.35. The van der Waals surface area contributed by atoms with Crippen molar-refractivity contribution < 1.29 is 4.79 Å². The first kappa shape index (κ1) is 18.7. The normalized spacial score (nSPS) is 16.5. The number of hydrogen-bond acceptors (Lipinski definition) is 7. The van der Waals surface area contributed by atoms with Crippen LogP contribution < -0.4 is 5.32 Å². The fraction of sp³-hybridized carbons (Fsp3) is 0.300. The molecule has 4 rings (SSSR count). The largest absolute Gasteiger partial charge is 0.331 e. The Morgan fingerprint density at radius 1 is 1.24 bits per heavy atom. The Bertz CT molecular complexity index is 1030. The standard InChI is InChI=1S/C20H22N8O/c1-14-24-16(10-18(25-14)26-19-12-21-7-8-22-19)17-4-3-9-28(17)20(29)6-5-15-11-23-27(2)13-15/h5-8,10-13,17H,3-4,9H2,1-2H3,(H,22,24,25,26)/b6-5+. The number of anilines is 2. The van der Waals surface area contributed by atoms with Crippen molar-refractivity contribution >= 4 is 23.6 Å². The summed E-state index contributed by atoms with van der Waals surface area (Å²) in [5.41, 5.74) is 1.72. The van der Waals surface area contributed by atoms with Gasteiger partial charge in [0.2, 0.25) is 5.91 Å². The molecular formula is C20H22N8O. The predicted octanol–water partition coefficient (Wildman–Crippen LogP) is 2.43. The number of nitrogens with one attached hydrogen (secondary N) is 1. The first-order valence-electron chi connectivity index (χ1n) is 9.44. The molecule has 1 amide bonds. The third-order valence-corrected chi connectivity index (χ3v) is 4.70. The van der Waals surface area contributed by atoms with Crippen LogP contribution in [0.5, 0.6) is 0 Å². The van der Waals surface area contributed by atoms with E-state index in [1.165, 1.54) is 0 Å². The highest BCUT2D eigenvalue weighted by Crippen LogP contribution is 2.32. The molecule has 1 N–H and O–H groups in total. The SMILES string of the molecule is Cc1nc(Nc2cnccn2)cc(C2CCCN2C(=O)/C=C/c2cnn(C)c2)n1. The molecule has 3 aromatic rings. The number of carbonyl (C=O) groups excluding carboxylic acids is 1. The Morgan fingerprint density at radius 3 is 2.90 bits per heavy atom. The molecule has 4 heterocycles. The summed E-state index contributed by atoms with van der Waals surface area (Å²) in [7, 11) is 1.85. The Labute approximate surface area is 168 Å². The third-order valence-electron chi connectivity index (χ3n) is 4.70. The summed E-state index contributed by atoms with van der Waals surface area (Å²) in [6.45, 7) is 2.55. The van der Waals surface area contributed by atoms with E-state index in [0.29, 0.717) is 24.0 Å². The van der Waals surface area contributed by atoms with E-state index in [0.717, 1.165) is 24.1 Å². The van der Waals surface area contributed by atoms with Crippen LogP contribution in [0.2, 0.25) is 0 Å². The Kier molecular flexibility index (Phi) is 5.28. The zero-order chi connectivity index (χ0) is 20.2. The molecule has 1 atom stereocenters. The molecule has 0 bridgehead atoms. The van der Waals surface area contributed by atoms with E-state index >= 15 is 0 Å². The minimum absolute atomic E-state index is 0.0314. The summed E-state index contributed by atoms with van der Waals surface area (Å²) in [5, 5.41) is 7.27. The topological polar surface area (TPSA) is 102 Å². The fourth-order valence-electron chi connectivity index (χ4n) is 3.45. The molecule has 0 radical (unpaired) electrons. The van der Waals surface area contributed by atoms with E-state index in [9.17, 15) is 4.79 Å². The molecule has 1 saturated heterocycles. The third kappa shape index (κ3) is 4.45. The van der Waals surface area contributed by atoms with Gasteiger partial charge in [0.25, 0.3) is 0 Å². The van der Waals surface area contributed by atoms with Crippen LogP contribution in [0.15, 0.2) is 43.1 Å². The lowest BCUT2D eigenvalue weighted by Gasteiger charge is -2.23. The molecule has 0 spiro atoms. The lowest BCUT2D eigenvalue weighted by molar-refractivity contribution is -0.126. The number of aromatic nitrogens is 6. The summed E-state index contributed by atoms with van der Waals surface area (Å²) in [4.78, 5) is 32.0. The molecule has 148 valence electrons. The monoisotopic (exact) mass is 390 g/mol. The molecule has 3 aromatic heterocycles. The molecule has 9 nitrogen and oxygen atoms in total. The number of likely N-dealkylation sites (tertiary alicyclic amines) is 1. The summed E-state index contributed by atoms with van der Waals surface area (Å²) in [6, 6.07) is 1.80. The van der Waals surface area contributed by atoms with Gasteiger partial charge in [0, 0.05) is 49.9 Å². The van der Waals surface area contributed by atoms with Crippen LogP contribution in [0.3, 0.4) is 0 Å². The number of hydrogen-bond donors (Lipinski definition) is 1. The van der Waals surface area contributed by atoms with Gasteiger partial charge in [0.15, 0.2) is 0 Å². The van der Waals surface area contributed by atoms with Gasteiger partial charge < -0.3 is 10.2 Å². The number of rotatable bonds is 5. The van der Waals surface area contributed by atoms with Crippen molar-refractivity contribution in [3.8, 4) is 0 Å². The molecule has 0 aromatic carbocycles. The van der Waals surface area contributed by atoms with Crippen LogP contribution in [-0.2, 0) is 11.8 Å². The molecule has 29 heavy (non-hydrogen) atoms. The van der Waals surface area contributed by atoms with Crippen molar-refractivity contribution in [2.75, 3.05) is 11.9 Å². The van der Waals surface area contributed by atoms with Gasteiger partial charge in [-0.3, -0.25) is 14.5 Å². The van der Waals surface area contributed by atoms with Crippen molar-refractivity contribution in [2.45, 2.75) is 25.8 Å². The lowest BCUT2D eigenvalue weighted by Crippen LogP contribution is -2.29. The van der Waals surface area contributed by atoms with Crippen molar-refractivity contribution in [1.82, 2.24) is 34.6 Å². The zero-order valence-corrected chi connectivity index (χ0v) is 16.4. The smallest absolute Gasteiger partial charge is 0.247 e. The second-order valence-electron chi connectivity index (χ2n) is 6.91. The summed E-state index contributed by atoms with van der Waals surface area (Å²) in [5.74, 6) is 1.85. The van der Waals surface area contributed by atoms with E-state index < -0.39 is 0 Å². The Balaban J connectivity index is 1.53. The van der Waals surface area contributed by atoms with E-state index in [1.54, 1.807) is 41.6 Å². The second-order valence-corrected chi connectivity index (χ2v) is 6.91. The Hall–Kier alpha value is -3.62. The van der Waals surface area contributed by atoms with Gasteiger partial charge in [-0.15, -0.1) is 0 Å². The van der Waals surface area contributed by atoms with E-state index in [2.05, 4.69) is 30.4 Å². The van der Waals surface area contributed by atoms with Crippen LogP contribution in [0.4, 0.5) is 11.6 Å². The lowest BCUT2D eigenvalue weighted by atomic mass is 10.1. The highest BCUT2D eigenvalue weighted by molar-refractivity contribution is 5.92. The molecular weight excluding hydrogens is 368 g/mol. The van der Waals surface area contributed by atoms with Gasteiger partial charge in [0.05, 0.1) is 24.1 Å². The van der Waals surface area contributed by atoms with Crippen LogP contribution in [0.25, 0.3) is 6.08 Å². The highest BCUT2D eigenvalue weighted by Gasteiger charge is 2.30. The second kappa shape index (κ2) is 8.17. The highest BCUT2D eigenvalue weighted by atomic mass is 16.2. The van der Waals surface area contributed by atoms with E-state index in [1.807, 2.05) is 31.1 Å². The molecule has 9 heteroatoms. The first-order valence-corrected chi connectivity index (χ1v) is 9.44. The predicted molar refractivity (Wildman–Crippen MR) is 108 cm³/mol. The Morgan fingerprint density at radius 2 is 2.14 bits per heavy atom. The molecule has 1 unspecified atom stereocenters. The fourth-order valence-corrected chi connectivity index (χ4v) is 3.45. The molecule has 1 aliphatic rings. The zero-order valence-electron chi connectivity index (χ0n) is 16.4.